The number of aromatic nitrogens is 4. The van der Waals surface area contributed by atoms with Gasteiger partial charge in [0.1, 0.15) is 5.58 Å². The fraction of sp³-hybridized carbons (Fsp3) is 0. The Hall–Kier alpha value is -7.11. The number of rotatable bonds is 4. The molecular formula is C47H28N4O. The van der Waals surface area contributed by atoms with Crippen LogP contribution in [0, 0.1) is 0 Å². The lowest BCUT2D eigenvalue weighted by Gasteiger charge is -2.13. The molecule has 0 saturated heterocycles. The monoisotopic (exact) mass is 664 g/mol. The molecule has 0 bridgehead atoms. The SMILES string of the molecule is c1ccc(-c2nc(-c3cc(-n4c5ccccc5c5cc6ccccc6cc54)c4oc5ccccc5c4c3)nc(-c3cccc4ccccc34)n2)cc1. The standard InChI is InChI=1S/C47H28N4O/c1-2-14-30(15-3-1)45-48-46(50-47(49-45)37-22-12-18-29-13-6-7-19-34(29)37)33-26-39-36-21-9-11-24-43(36)52-44(39)42(28-33)51-40-23-10-8-20-35(40)38-25-31-16-4-5-17-32(31)27-41(38)51/h1-28H. The third kappa shape index (κ3) is 4.39. The molecule has 0 atom stereocenters. The van der Waals surface area contributed by atoms with Gasteiger partial charge in [0.15, 0.2) is 23.1 Å². The predicted octanol–water partition coefficient (Wildman–Crippen LogP) is 12.2. The zero-order valence-electron chi connectivity index (χ0n) is 27.9. The molecule has 0 amide bonds. The molecule has 52 heavy (non-hydrogen) atoms. The van der Waals surface area contributed by atoms with Gasteiger partial charge in [-0.1, -0.05) is 133 Å². The number of hydrogen-bond acceptors (Lipinski definition) is 4. The Morgan fingerprint density at radius 3 is 1.87 bits per heavy atom. The van der Waals surface area contributed by atoms with E-state index >= 15 is 0 Å². The summed E-state index contributed by atoms with van der Waals surface area (Å²) in [5.41, 5.74) is 7.55. The van der Waals surface area contributed by atoms with Crippen molar-refractivity contribution in [2.75, 3.05) is 0 Å². The second-order valence-electron chi connectivity index (χ2n) is 13.2. The van der Waals surface area contributed by atoms with Gasteiger partial charge in [0.25, 0.3) is 0 Å². The van der Waals surface area contributed by atoms with Gasteiger partial charge in [-0.2, -0.15) is 0 Å². The predicted molar refractivity (Wildman–Crippen MR) is 213 cm³/mol. The van der Waals surface area contributed by atoms with Gasteiger partial charge in [0.2, 0.25) is 0 Å². The van der Waals surface area contributed by atoms with Crippen LogP contribution in [0.4, 0.5) is 0 Å². The highest BCUT2D eigenvalue weighted by Gasteiger charge is 2.22. The highest BCUT2D eigenvalue weighted by Crippen LogP contribution is 2.41. The molecule has 0 aliphatic rings. The van der Waals surface area contributed by atoms with Crippen LogP contribution in [0.5, 0.6) is 0 Å². The van der Waals surface area contributed by atoms with E-state index in [9.17, 15) is 0 Å². The number of nitrogens with zero attached hydrogens (tertiary/aromatic N) is 4. The first kappa shape index (κ1) is 28.7. The summed E-state index contributed by atoms with van der Waals surface area (Å²) in [5.74, 6) is 1.84. The maximum Gasteiger partial charge on any atom is 0.164 e. The van der Waals surface area contributed by atoms with Gasteiger partial charge >= 0.3 is 0 Å². The molecule has 11 aromatic rings. The van der Waals surface area contributed by atoms with Crippen LogP contribution in [0.15, 0.2) is 174 Å². The molecule has 0 fully saturated rings. The number of fused-ring (bicyclic) bond motifs is 8. The minimum absolute atomic E-state index is 0.594. The van der Waals surface area contributed by atoms with Gasteiger partial charge in [-0.3, -0.25) is 0 Å². The lowest BCUT2D eigenvalue weighted by molar-refractivity contribution is 0.666. The van der Waals surface area contributed by atoms with Crippen molar-refractivity contribution in [3.63, 3.8) is 0 Å². The molecule has 8 aromatic carbocycles. The topological polar surface area (TPSA) is 56.7 Å². The lowest BCUT2D eigenvalue weighted by Crippen LogP contribution is -2.02. The zero-order valence-corrected chi connectivity index (χ0v) is 27.9. The average molecular weight is 665 g/mol. The largest absolute Gasteiger partial charge is 0.454 e. The van der Waals surface area contributed by atoms with Crippen molar-refractivity contribution in [1.82, 2.24) is 19.5 Å². The van der Waals surface area contributed by atoms with Gasteiger partial charge in [-0.15, -0.1) is 0 Å². The van der Waals surface area contributed by atoms with E-state index in [0.29, 0.717) is 17.5 Å². The molecule has 3 heterocycles. The minimum Gasteiger partial charge on any atom is -0.454 e. The Balaban J connectivity index is 1.25. The van der Waals surface area contributed by atoms with Crippen molar-refractivity contribution >= 4 is 65.3 Å². The fourth-order valence-corrected chi connectivity index (χ4v) is 7.78. The van der Waals surface area contributed by atoms with Crippen LogP contribution >= 0.6 is 0 Å². The highest BCUT2D eigenvalue weighted by molar-refractivity contribution is 6.16. The first-order valence-electron chi connectivity index (χ1n) is 17.4. The van der Waals surface area contributed by atoms with Crippen LogP contribution in [0.3, 0.4) is 0 Å². The molecule has 0 spiro atoms. The van der Waals surface area contributed by atoms with Crippen molar-refractivity contribution in [1.29, 1.82) is 0 Å². The summed E-state index contributed by atoms with van der Waals surface area (Å²) in [6, 6.07) is 59.1. The molecule has 0 aliphatic heterocycles. The van der Waals surface area contributed by atoms with Crippen LogP contribution < -0.4 is 0 Å². The maximum absolute atomic E-state index is 6.74. The fourth-order valence-electron chi connectivity index (χ4n) is 7.78. The molecule has 0 unspecified atom stereocenters. The minimum atomic E-state index is 0.594. The molecule has 5 nitrogen and oxygen atoms in total. The van der Waals surface area contributed by atoms with Crippen LogP contribution in [0.25, 0.3) is 105 Å². The molecule has 0 N–H and O–H groups in total. The number of hydrogen-bond donors (Lipinski definition) is 0. The molecule has 11 rings (SSSR count). The van der Waals surface area contributed by atoms with E-state index < -0.39 is 0 Å². The second kappa shape index (κ2) is 11.2. The second-order valence-corrected chi connectivity index (χ2v) is 13.2. The molecule has 0 saturated carbocycles. The molecule has 3 aromatic heterocycles. The molecule has 0 aliphatic carbocycles. The third-order valence-electron chi connectivity index (χ3n) is 10.2. The first-order valence-corrected chi connectivity index (χ1v) is 17.4. The molecular weight excluding hydrogens is 637 g/mol. The van der Waals surface area contributed by atoms with Gasteiger partial charge in [-0.25, -0.2) is 15.0 Å². The Morgan fingerprint density at radius 1 is 0.385 bits per heavy atom. The molecule has 242 valence electrons. The van der Waals surface area contributed by atoms with E-state index in [4.69, 9.17) is 19.4 Å². The third-order valence-corrected chi connectivity index (χ3v) is 10.2. The normalized spacial score (nSPS) is 11.8. The van der Waals surface area contributed by atoms with Crippen molar-refractivity contribution in [2.24, 2.45) is 0 Å². The highest BCUT2D eigenvalue weighted by atomic mass is 16.3. The van der Waals surface area contributed by atoms with E-state index in [0.717, 1.165) is 66.1 Å². The first-order chi connectivity index (χ1) is 25.8. The summed E-state index contributed by atoms with van der Waals surface area (Å²) in [5, 5.41) is 9.03. The Kier molecular flexibility index (Phi) is 6.18. The quantitative estimate of drug-likeness (QED) is 0.188. The van der Waals surface area contributed by atoms with Crippen molar-refractivity contribution < 1.29 is 4.42 Å². The van der Waals surface area contributed by atoms with Gasteiger partial charge in [0.05, 0.1) is 16.7 Å². The smallest absolute Gasteiger partial charge is 0.164 e. The molecule has 5 heteroatoms. The average Bonchev–Trinajstić information content (AvgIpc) is 3.75. The zero-order chi connectivity index (χ0) is 34.2. The summed E-state index contributed by atoms with van der Waals surface area (Å²) >= 11 is 0. The van der Waals surface area contributed by atoms with E-state index in [1.165, 1.54) is 21.5 Å². The van der Waals surface area contributed by atoms with E-state index in [-0.39, 0.29) is 0 Å². The van der Waals surface area contributed by atoms with Gasteiger partial charge < -0.3 is 8.98 Å². The van der Waals surface area contributed by atoms with E-state index in [1.54, 1.807) is 0 Å². The lowest BCUT2D eigenvalue weighted by atomic mass is 10.0. The maximum atomic E-state index is 6.74. The summed E-state index contributed by atoms with van der Waals surface area (Å²) in [7, 11) is 0. The number of para-hydroxylation sites is 2. The summed E-state index contributed by atoms with van der Waals surface area (Å²) in [6.07, 6.45) is 0. The Bertz CT molecular complexity index is 3190. The summed E-state index contributed by atoms with van der Waals surface area (Å²) in [6.45, 7) is 0. The van der Waals surface area contributed by atoms with E-state index in [1.807, 2.05) is 42.5 Å². The van der Waals surface area contributed by atoms with Gasteiger partial charge in [0, 0.05) is 38.2 Å². The van der Waals surface area contributed by atoms with Crippen molar-refractivity contribution in [3.05, 3.63) is 170 Å². The number of furan rings is 1. The molecule has 0 radical (unpaired) electrons. The van der Waals surface area contributed by atoms with E-state index in [2.05, 4.69) is 132 Å². The number of benzene rings is 8. The van der Waals surface area contributed by atoms with Crippen LogP contribution in [0.1, 0.15) is 0 Å². The summed E-state index contributed by atoms with van der Waals surface area (Å²) < 4.78 is 9.09. The van der Waals surface area contributed by atoms with Gasteiger partial charge in [-0.05, 0) is 57.9 Å². The Labute approximate surface area is 298 Å². The van der Waals surface area contributed by atoms with Crippen LogP contribution in [-0.2, 0) is 0 Å². The van der Waals surface area contributed by atoms with Crippen molar-refractivity contribution in [2.45, 2.75) is 0 Å². The van der Waals surface area contributed by atoms with Crippen LogP contribution in [-0.4, -0.2) is 19.5 Å². The van der Waals surface area contributed by atoms with Crippen LogP contribution in [0.2, 0.25) is 0 Å². The van der Waals surface area contributed by atoms with Crippen molar-refractivity contribution in [3.8, 4) is 39.9 Å². The Morgan fingerprint density at radius 2 is 1.02 bits per heavy atom. The summed E-state index contributed by atoms with van der Waals surface area (Å²) in [4.78, 5) is 15.5.